The third-order valence-electron chi connectivity index (χ3n) is 3.82. The second-order valence-corrected chi connectivity index (χ2v) is 6.75. The summed E-state index contributed by atoms with van der Waals surface area (Å²) in [6, 6.07) is 6.15. The van der Waals surface area contributed by atoms with Crippen LogP contribution in [0.4, 0.5) is 5.69 Å². The average Bonchev–Trinajstić information content (AvgIpc) is 2.91. The first-order chi connectivity index (χ1) is 10.1. The quantitative estimate of drug-likeness (QED) is 0.831. The smallest absolute Gasteiger partial charge is 0.0750 e. The minimum absolute atomic E-state index is 0.363. The van der Waals surface area contributed by atoms with E-state index in [0.29, 0.717) is 12.0 Å². The molecule has 1 heterocycles. The fraction of sp³-hybridized carbons (Fsp3) is 0.647. The Morgan fingerprint density at radius 2 is 2.24 bits per heavy atom. The van der Waals surface area contributed by atoms with Gasteiger partial charge in [0.25, 0.3) is 0 Å². The van der Waals surface area contributed by atoms with Crippen LogP contribution in [-0.2, 0) is 11.3 Å². The molecule has 4 heteroatoms. The van der Waals surface area contributed by atoms with Crippen molar-refractivity contribution in [2.24, 2.45) is 5.92 Å². The summed E-state index contributed by atoms with van der Waals surface area (Å²) < 4.78 is 5.74. The van der Waals surface area contributed by atoms with Crippen LogP contribution >= 0.6 is 11.6 Å². The predicted molar refractivity (Wildman–Crippen MR) is 90.2 cm³/mol. The maximum Gasteiger partial charge on any atom is 0.0750 e. The molecule has 0 aliphatic carbocycles. The zero-order valence-corrected chi connectivity index (χ0v) is 14.1. The summed E-state index contributed by atoms with van der Waals surface area (Å²) in [7, 11) is 2.14. The molecule has 3 nitrogen and oxygen atoms in total. The van der Waals surface area contributed by atoms with Gasteiger partial charge in [0.2, 0.25) is 0 Å². The SMILES string of the molecule is CC(C)CNCc1cc(Cl)ccc1N(C)CC1CCCO1. The zero-order chi connectivity index (χ0) is 15.2. The Morgan fingerprint density at radius 3 is 2.90 bits per heavy atom. The standard InChI is InChI=1S/C17H27ClN2O/c1-13(2)10-19-11-14-9-15(18)6-7-17(14)20(3)12-16-5-4-8-21-16/h6-7,9,13,16,19H,4-5,8,10-12H2,1-3H3. The second-order valence-electron chi connectivity index (χ2n) is 6.31. The number of likely N-dealkylation sites (N-methyl/N-ethyl adjacent to an activating group) is 1. The van der Waals surface area contributed by atoms with Crippen LogP contribution in [-0.4, -0.2) is 32.8 Å². The molecule has 2 rings (SSSR count). The number of ether oxygens (including phenoxy) is 1. The first kappa shape index (κ1) is 16.6. The van der Waals surface area contributed by atoms with Gasteiger partial charge in [0.1, 0.15) is 0 Å². The molecule has 0 bridgehead atoms. The molecule has 0 saturated carbocycles. The van der Waals surface area contributed by atoms with Crippen molar-refractivity contribution in [1.82, 2.24) is 5.32 Å². The fourth-order valence-corrected chi connectivity index (χ4v) is 2.95. The van der Waals surface area contributed by atoms with Gasteiger partial charge in [-0.25, -0.2) is 0 Å². The molecule has 1 aromatic carbocycles. The molecule has 0 aromatic heterocycles. The molecule has 0 spiro atoms. The van der Waals surface area contributed by atoms with E-state index >= 15 is 0 Å². The highest BCUT2D eigenvalue weighted by atomic mass is 35.5. The van der Waals surface area contributed by atoms with Crippen molar-refractivity contribution >= 4 is 17.3 Å². The van der Waals surface area contributed by atoms with Gasteiger partial charge in [-0.2, -0.15) is 0 Å². The van der Waals surface area contributed by atoms with Crippen LogP contribution in [0.15, 0.2) is 18.2 Å². The van der Waals surface area contributed by atoms with E-state index in [2.05, 4.69) is 43.2 Å². The van der Waals surface area contributed by atoms with E-state index in [1.807, 2.05) is 6.07 Å². The Balaban J connectivity index is 2.02. The number of nitrogens with one attached hydrogen (secondary N) is 1. The normalized spacial score (nSPS) is 18.4. The number of hydrogen-bond donors (Lipinski definition) is 1. The molecule has 1 aromatic rings. The number of rotatable bonds is 7. The van der Waals surface area contributed by atoms with E-state index < -0.39 is 0 Å². The Labute approximate surface area is 133 Å². The lowest BCUT2D eigenvalue weighted by Crippen LogP contribution is -2.30. The summed E-state index contributed by atoms with van der Waals surface area (Å²) in [5.74, 6) is 0.650. The predicted octanol–water partition coefficient (Wildman–Crippen LogP) is 3.70. The third-order valence-corrected chi connectivity index (χ3v) is 4.06. The van der Waals surface area contributed by atoms with Gasteiger partial charge >= 0.3 is 0 Å². The van der Waals surface area contributed by atoms with Crippen molar-refractivity contribution in [3.05, 3.63) is 28.8 Å². The van der Waals surface area contributed by atoms with Crippen molar-refractivity contribution < 1.29 is 4.74 Å². The molecular weight excluding hydrogens is 284 g/mol. The van der Waals surface area contributed by atoms with Gasteiger partial charge in [-0.15, -0.1) is 0 Å². The van der Waals surface area contributed by atoms with Gasteiger partial charge in [0.15, 0.2) is 0 Å². The maximum atomic E-state index is 6.16. The largest absolute Gasteiger partial charge is 0.376 e. The Bertz CT molecular complexity index is 444. The summed E-state index contributed by atoms with van der Waals surface area (Å²) in [5.41, 5.74) is 2.50. The van der Waals surface area contributed by atoms with Gasteiger partial charge in [-0.05, 0) is 49.1 Å². The van der Waals surface area contributed by atoms with Crippen LogP contribution in [0.3, 0.4) is 0 Å². The summed E-state index contributed by atoms with van der Waals surface area (Å²) in [5, 5.41) is 4.30. The molecule has 1 unspecified atom stereocenters. The van der Waals surface area contributed by atoms with Gasteiger partial charge in [-0.1, -0.05) is 25.4 Å². The molecule has 1 saturated heterocycles. The van der Waals surface area contributed by atoms with Gasteiger partial charge in [-0.3, -0.25) is 0 Å². The lowest BCUT2D eigenvalue weighted by atomic mass is 10.1. The van der Waals surface area contributed by atoms with Crippen molar-refractivity contribution in [2.75, 3.05) is 31.6 Å². The molecule has 21 heavy (non-hydrogen) atoms. The van der Waals surface area contributed by atoms with Crippen LogP contribution in [0.2, 0.25) is 5.02 Å². The van der Waals surface area contributed by atoms with Crippen LogP contribution < -0.4 is 10.2 Å². The van der Waals surface area contributed by atoms with E-state index in [-0.39, 0.29) is 0 Å². The van der Waals surface area contributed by atoms with Crippen LogP contribution in [0.1, 0.15) is 32.3 Å². The first-order valence-corrected chi connectivity index (χ1v) is 8.26. The van der Waals surface area contributed by atoms with E-state index in [1.165, 1.54) is 24.1 Å². The third kappa shape index (κ3) is 5.17. The molecule has 0 radical (unpaired) electrons. The molecular formula is C17H27ClN2O. The molecule has 1 aliphatic rings. The molecule has 1 N–H and O–H groups in total. The second kappa shape index (κ2) is 8.02. The van der Waals surface area contributed by atoms with Gasteiger partial charge in [0.05, 0.1) is 6.10 Å². The topological polar surface area (TPSA) is 24.5 Å². The molecule has 0 amide bonds. The minimum Gasteiger partial charge on any atom is -0.376 e. The summed E-state index contributed by atoms with van der Waals surface area (Å²) in [6.07, 6.45) is 2.71. The van der Waals surface area contributed by atoms with Crippen molar-refractivity contribution in [1.29, 1.82) is 0 Å². The monoisotopic (exact) mass is 310 g/mol. The molecule has 1 atom stereocenters. The van der Waals surface area contributed by atoms with Crippen LogP contribution in [0, 0.1) is 5.92 Å². The van der Waals surface area contributed by atoms with Crippen molar-refractivity contribution in [3.8, 4) is 0 Å². The van der Waals surface area contributed by atoms with Gasteiger partial charge < -0.3 is 15.0 Å². The fourth-order valence-electron chi connectivity index (χ4n) is 2.76. The van der Waals surface area contributed by atoms with E-state index in [1.54, 1.807) is 0 Å². The maximum absolute atomic E-state index is 6.16. The van der Waals surface area contributed by atoms with Crippen LogP contribution in [0.5, 0.6) is 0 Å². The number of anilines is 1. The zero-order valence-electron chi connectivity index (χ0n) is 13.4. The Hall–Kier alpha value is -0.770. The summed E-state index contributed by atoms with van der Waals surface area (Å²) >= 11 is 6.16. The highest BCUT2D eigenvalue weighted by Gasteiger charge is 2.18. The van der Waals surface area contributed by atoms with E-state index in [0.717, 1.165) is 31.3 Å². The molecule has 1 fully saturated rings. The highest BCUT2D eigenvalue weighted by molar-refractivity contribution is 6.30. The first-order valence-electron chi connectivity index (χ1n) is 7.88. The van der Waals surface area contributed by atoms with Gasteiger partial charge in [0, 0.05) is 37.5 Å². The number of hydrogen-bond acceptors (Lipinski definition) is 3. The Kier molecular flexibility index (Phi) is 6.34. The highest BCUT2D eigenvalue weighted by Crippen LogP contribution is 2.25. The Morgan fingerprint density at radius 1 is 1.43 bits per heavy atom. The summed E-state index contributed by atoms with van der Waals surface area (Å²) in [6.45, 7) is 8.15. The minimum atomic E-state index is 0.363. The molecule has 118 valence electrons. The number of benzene rings is 1. The van der Waals surface area contributed by atoms with Crippen molar-refractivity contribution in [2.45, 2.75) is 39.3 Å². The van der Waals surface area contributed by atoms with Crippen molar-refractivity contribution in [3.63, 3.8) is 0 Å². The lowest BCUT2D eigenvalue weighted by molar-refractivity contribution is 0.116. The molecule has 1 aliphatic heterocycles. The van der Waals surface area contributed by atoms with E-state index in [9.17, 15) is 0 Å². The summed E-state index contributed by atoms with van der Waals surface area (Å²) in [4.78, 5) is 2.29. The average molecular weight is 311 g/mol. The number of nitrogens with zero attached hydrogens (tertiary/aromatic N) is 1. The lowest BCUT2D eigenvalue weighted by Gasteiger charge is -2.25. The van der Waals surface area contributed by atoms with E-state index in [4.69, 9.17) is 16.3 Å². The van der Waals surface area contributed by atoms with Crippen LogP contribution in [0.25, 0.3) is 0 Å². The number of halogens is 1.